The third-order valence-corrected chi connectivity index (χ3v) is 2.80. The summed E-state index contributed by atoms with van der Waals surface area (Å²) in [6.07, 6.45) is 0. The Morgan fingerprint density at radius 2 is 1.37 bits per heavy atom. The second-order valence-electron chi connectivity index (χ2n) is 4.20. The number of methoxy groups -OCH3 is 1. The van der Waals surface area contributed by atoms with Crippen molar-refractivity contribution in [1.82, 2.24) is 5.32 Å². The van der Waals surface area contributed by atoms with E-state index in [-0.39, 0.29) is 0 Å². The van der Waals surface area contributed by atoms with Crippen LogP contribution in [0.1, 0.15) is 12.5 Å². The number of hydrogen-bond acceptors (Lipinski definition) is 3. The van der Waals surface area contributed by atoms with Crippen LogP contribution in [-0.4, -0.2) is 13.7 Å². The quantitative estimate of drug-likeness (QED) is 0.857. The molecule has 0 radical (unpaired) electrons. The maximum absolute atomic E-state index is 5.76. The second-order valence-corrected chi connectivity index (χ2v) is 4.20. The molecule has 2 aromatic carbocycles. The van der Waals surface area contributed by atoms with E-state index in [0.717, 1.165) is 30.3 Å². The summed E-state index contributed by atoms with van der Waals surface area (Å²) in [4.78, 5) is 0. The minimum Gasteiger partial charge on any atom is -0.497 e. The molecule has 1 N–H and O–H groups in total. The van der Waals surface area contributed by atoms with E-state index in [1.165, 1.54) is 5.56 Å². The summed E-state index contributed by atoms with van der Waals surface area (Å²) < 4.78 is 10.9. The van der Waals surface area contributed by atoms with Crippen LogP contribution in [0.5, 0.6) is 17.2 Å². The van der Waals surface area contributed by atoms with E-state index in [0.29, 0.717) is 0 Å². The molecule has 0 aromatic heterocycles. The van der Waals surface area contributed by atoms with Gasteiger partial charge in [-0.2, -0.15) is 0 Å². The third-order valence-electron chi connectivity index (χ3n) is 2.80. The molecule has 0 bridgehead atoms. The summed E-state index contributed by atoms with van der Waals surface area (Å²) in [6.45, 7) is 3.96. The van der Waals surface area contributed by atoms with Crippen molar-refractivity contribution in [2.45, 2.75) is 13.5 Å². The van der Waals surface area contributed by atoms with Gasteiger partial charge in [-0.15, -0.1) is 0 Å². The van der Waals surface area contributed by atoms with Crippen molar-refractivity contribution < 1.29 is 9.47 Å². The van der Waals surface area contributed by atoms with E-state index in [2.05, 4.69) is 24.4 Å². The normalized spacial score (nSPS) is 10.2. The molecule has 0 amide bonds. The van der Waals surface area contributed by atoms with Crippen molar-refractivity contribution in [2.75, 3.05) is 13.7 Å². The third kappa shape index (κ3) is 4.00. The highest BCUT2D eigenvalue weighted by Gasteiger charge is 1.98. The van der Waals surface area contributed by atoms with E-state index in [1.807, 2.05) is 36.4 Å². The molecule has 0 saturated heterocycles. The fraction of sp³-hybridized carbons (Fsp3) is 0.250. The first-order valence-electron chi connectivity index (χ1n) is 6.43. The summed E-state index contributed by atoms with van der Waals surface area (Å²) in [5.74, 6) is 2.47. The SMILES string of the molecule is CCNCc1ccc(Oc2ccc(OC)cc2)cc1. The number of hydrogen-bond donors (Lipinski definition) is 1. The van der Waals surface area contributed by atoms with Crippen LogP contribution < -0.4 is 14.8 Å². The van der Waals surface area contributed by atoms with Gasteiger partial charge in [-0.3, -0.25) is 0 Å². The van der Waals surface area contributed by atoms with Gasteiger partial charge in [-0.1, -0.05) is 19.1 Å². The zero-order chi connectivity index (χ0) is 13.5. The summed E-state index contributed by atoms with van der Waals surface area (Å²) in [6, 6.07) is 15.7. The average molecular weight is 257 g/mol. The Bertz CT molecular complexity index is 491. The molecule has 0 unspecified atom stereocenters. The van der Waals surface area contributed by atoms with E-state index in [1.54, 1.807) is 7.11 Å². The Kier molecular flexibility index (Phi) is 4.81. The van der Waals surface area contributed by atoms with Crippen LogP contribution in [0.25, 0.3) is 0 Å². The number of ether oxygens (including phenoxy) is 2. The van der Waals surface area contributed by atoms with Crippen molar-refractivity contribution >= 4 is 0 Å². The van der Waals surface area contributed by atoms with Gasteiger partial charge < -0.3 is 14.8 Å². The van der Waals surface area contributed by atoms with Gasteiger partial charge in [0.2, 0.25) is 0 Å². The highest BCUT2D eigenvalue weighted by atomic mass is 16.5. The van der Waals surface area contributed by atoms with Crippen molar-refractivity contribution in [3.05, 3.63) is 54.1 Å². The molecule has 0 fully saturated rings. The Labute approximate surface area is 114 Å². The molecule has 0 saturated carbocycles. The second kappa shape index (κ2) is 6.81. The Hall–Kier alpha value is -2.00. The zero-order valence-corrected chi connectivity index (χ0v) is 11.3. The predicted octanol–water partition coefficient (Wildman–Crippen LogP) is 3.60. The molecular formula is C16H19NO2. The lowest BCUT2D eigenvalue weighted by molar-refractivity contribution is 0.413. The van der Waals surface area contributed by atoms with Crippen LogP contribution in [-0.2, 0) is 6.54 Å². The minimum atomic E-state index is 0.806. The predicted molar refractivity (Wildman–Crippen MR) is 76.9 cm³/mol. The summed E-state index contributed by atoms with van der Waals surface area (Å²) in [7, 11) is 1.65. The highest BCUT2D eigenvalue weighted by Crippen LogP contribution is 2.23. The molecular weight excluding hydrogens is 238 g/mol. The van der Waals surface area contributed by atoms with E-state index in [9.17, 15) is 0 Å². The van der Waals surface area contributed by atoms with Gasteiger partial charge in [0.15, 0.2) is 0 Å². The Morgan fingerprint density at radius 1 is 0.842 bits per heavy atom. The number of benzene rings is 2. The van der Waals surface area contributed by atoms with Crippen LogP contribution in [0.2, 0.25) is 0 Å². The largest absolute Gasteiger partial charge is 0.497 e. The summed E-state index contributed by atoms with van der Waals surface area (Å²) in [5.41, 5.74) is 1.25. The molecule has 3 heteroatoms. The molecule has 0 heterocycles. The average Bonchev–Trinajstić information content (AvgIpc) is 2.47. The van der Waals surface area contributed by atoms with E-state index >= 15 is 0 Å². The molecule has 0 atom stereocenters. The molecule has 0 aliphatic carbocycles. The molecule has 19 heavy (non-hydrogen) atoms. The van der Waals surface area contributed by atoms with Crippen LogP contribution in [0, 0.1) is 0 Å². The van der Waals surface area contributed by atoms with Crippen LogP contribution in [0.15, 0.2) is 48.5 Å². The van der Waals surface area contributed by atoms with Gasteiger partial charge in [0, 0.05) is 6.54 Å². The molecule has 100 valence electrons. The molecule has 0 aliphatic rings. The van der Waals surface area contributed by atoms with Gasteiger partial charge in [0.25, 0.3) is 0 Å². The first-order chi connectivity index (χ1) is 9.31. The first-order valence-corrected chi connectivity index (χ1v) is 6.43. The van der Waals surface area contributed by atoms with Gasteiger partial charge in [0.1, 0.15) is 17.2 Å². The smallest absolute Gasteiger partial charge is 0.127 e. The molecule has 2 aromatic rings. The molecule has 0 aliphatic heterocycles. The van der Waals surface area contributed by atoms with Gasteiger partial charge >= 0.3 is 0 Å². The van der Waals surface area contributed by atoms with Gasteiger partial charge in [-0.05, 0) is 48.5 Å². The zero-order valence-electron chi connectivity index (χ0n) is 11.3. The van der Waals surface area contributed by atoms with Crippen LogP contribution >= 0.6 is 0 Å². The number of nitrogens with one attached hydrogen (secondary N) is 1. The lowest BCUT2D eigenvalue weighted by Crippen LogP contribution is -2.11. The molecule has 2 rings (SSSR count). The standard InChI is InChI=1S/C16H19NO2/c1-3-17-12-13-4-6-15(7-5-13)19-16-10-8-14(18-2)9-11-16/h4-11,17H,3,12H2,1-2H3. The molecule has 3 nitrogen and oxygen atoms in total. The van der Waals surface area contributed by atoms with Crippen molar-refractivity contribution in [2.24, 2.45) is 0 Å². The monoisotopic (exact) mass is 257 g/mol. The van der Waals surface area contributed by atoms with E-state index < -0.39 is 0 Å². The minimum absolute atomic E-state index is 0.806. The van der Waals surface area contributed by atoms with Gasteiger partial charge in [-0.25, -0.2) is 0 Å². The maximum Gasteiger partial charge on any atom is 0.127 e. The topological polar surface area (TPSA) is 30.5 Å². The summed E-state index contributed by atoms with van der Waals surface area (Å²) >= 11 is 0. The van der Waals surface area contributed by atoms with Crippen molar-refractivity contribution in [1.29, 1.82) is 0 Å². The van der Waals surface area contributed by atoms with Crippen molar-refractivity contribution in [3.63, 3.8) is 0 Å². The fourth-order valence-electron chi connectivity index (χ4n) is 1.72. The van der Waals surface area contributed by atoms with E-state index in [4.69, 9.17) is 9.47 Å². The Morgan fingerprint density at radius 3 is 1.89 bits per heavy atom. The number of rotatable bonds is 6. The molecule has 0 spiro atoms. The first kappa shape index (κ1) is 13.4. The van der Waals surface area contributed by atoms with Crippen LogP contribution in [0.4, 0.5) is 0 Å². The fourth-order valence-corrected chi connectivity index (χ4v) is 1.72. The van der Waals surface area contributed by atoms with Crippen LogP contribution in [0.3, 0.4) is 0 Å². The maximum atomic E-state index is 5.76. The Balaban J connectivity index is 1.98. The van der Waals surface area contributed by atoms with Gasteiger partial charge in [0.05, 0.1) is 7.11 Å². The lowest BCUT2D eigenvalue weighted by atomic mass is 10.2. The van der Waals surface area contributed by atoms with Crippen molar-refractivity contribution in [3.8, 4) is 17.2 Å². The highest BCUT2D eigenvalue weighted by molar-refractivity contribution is 5.36. The summed E-state index contributed by atoms with van der Waals surface area (Å²) in [5, 5.41) is 3.29. The lowest BCUT2D eigenvalue weighted by Gasteiger charge is -2.08.